The van der Waals surface area contributed by atoms with Crippen LogP contribution < -0.4 is 4.90 Å². The number of nitrogens with zero attached hydrogens (tertiary/aromatic N) is 5. The number of benzene rings is 5. The minimum atomic E-state index is -0.0807. The summed E-state index contributed by atoms with van der Waals surface area (Å²) >= 11 is 0. The van der Waals surface area contributed by atoms with Crippen molar-refractivity contribution in [2.24, 2.45) is 0 Å². The van der Waals surface area contributed by atoms with Gasteiger partial charge in [-0.1, -0.05) is 80.1 Å². The Bertz CT molecular complexity index is 2480. The molecular weight excluding hydrogens is 794 g/mol. The van der Waals surface area contributed by atoms with E-state index in [0.717, 1.165) is 50.5 Å². The van der Waals surface area contributed by atoms with E-state index in [1.165, 1.54) is 16.5 Å². The summed E-state index contributed by atoms with van der Waals surface area (Å²) in [4.78, 5) is 7.14. The van der Waals surface area contributed by atoms with Crippen LogP contribution in [0.5, 0.6) is 0 Å². The summed E-state index contributed by atoms with van der Waals surface area (Å²) < 4.78 is 6.83. The van der Waals surface area contributed by atoms with Crippen molar-refractivity contribution < 1.29 is 21.1 Å². The number of para-hydroxylation sites is 4. The maximum absolute atomic E-state index is 4.89. The van der Waals surface area contributed by atoms with Crippen LogP contribution in [0.4, 0.5) is 17.1 Å². The van der Waals surface area contributed by atoms with Crippen LogP contribution in [0.25, 0.3) is 44.3 Å². The fraction of sp³-hybridized carbons (Fsp3) is 0.182. The molecule has 50 heavy (non-hydrogen) atoms. The molecule has 0 saturated carbocycles. The van der Waals surface area contributed by atoms with Crippen molar-refractivity contribution in [1.29, 1.82) is 0 Å². The Balaban J connectivity index is 0.00000392. The van der Waals surface area contributed by atoms with Crippen molar-refractivity contribution in [1.82, 2.24) is 18.7 Å². The normalized spacial score (nSPS) is 12.0. The Morgan fingerprint density at radius 3 is 2.06 bits per heavy atom. The van der Waals surface area contributed by atoms with E-state index in [-0.39, 0.29) is 32.0 Å². The Labute approximate surface area is 308 Å². The molecule has 6 heteroatoms. The second kappa shape index (κ2) is 12.7. The van der Waals surface area contributed by atoms with Crippen molar-refractivity contribution in [2.45, 2.75) is 52.5 Å². The first-order chi connectivity index (χ1) is 23.6. The number of pyridine rings is 1. The number of fused-ring (bicyclic) bond motifs is 4. The molecule has 0 bridgehead atoms. The molecule has 0 unspecified atom stereocenters. The Hall–Kier alpha value is -4.99. The first-order valence-corrected chi connectivity index (χ1v) is 16.9. The summed E-state index contributed by atoms with van der Waals surface area (Å²) in [5.74, 6) is 0.887. The Morgan fingerprint density at radius 2 is 1.32 bits per heavy atom. The molecule has 0 radical (unpaired) electrons. The van der Waals surface area contributed by atoms with Gasteiger partial charge in [-0.25, -0.2) is 14.1 Å². The van der Waals surface area contributed by atoms with E-state index in [0.29, 0.717) is 0 Å². The first-order valence-electron chi connectivity index (χ1n) is 16.9. The van der Waals surface area contributed by atoms with Gasteiger partial charge in [0.2, 0.25) is 0 Å². The zero-order valence-corrected chi connectivity index (χ0v) is 31.5. The minimum Gasteiger partial charge on any atom is -0.358 e. The van der Waals surface area contributed by atoms with Crippen molar-refractivity contribution in [3.8, 4) is 11.5 Å². The molecule has 0 atom stereocenters. The average molecular weight is 834 g/mol. The number of aromatic nitrogens is 4. The molecule has 3 aromatic heterocycles. The molecule has 0 amide bonds. The third-order valence-electron chi connectivity index (χ3n) is 9.28. The van der Waals surface area contributed by atoms with E-state index in [2.05, 4.69) is 200 Å². The molecule has 5 nitrogen and oxygen atoms in total. The summed E-state index contributed by atoms with van der Waals surface area (Å²) in [6.07, 6.45) is 4.12. The van der Waals surface area contributed by atoms with Crippen LogP contribution in [0.15, 0.2) is 134 Å². The van der Waals surface area contributed by atoms with Crippen LogP contribution in [0.2, 0.25) is 0 Å². The third-order valence-corrected chi connectivity index (χ3v) is 9.28. The van der Waals surface area contributed by atoms with Crippen molar-refractivity contribution >= 4 is 49.9 Å². The quantitative estimate of drug-likeness (QED) is 0.162. The van der Waals surface area contributed by atoms with E-state index < -0.39 is 0 Å². The SMILES string of the molecule is CC(C)(C)c1ccnc(-n2c3[c-]c(N(c4[c-]c(-n5[cH+]n(C(C)(C)C)c6ccccc65)ccc4)c4ccccc4)ccc3c3ccccc32)c1.[Pt]. The van der Waals surface area contributed by atoms with Crippen LogP contribution >= 0.6 is 0 Å². The van der Waals surface area contributed by atoms with E-state index in [1.807, 2.05) is 6.20 Å². The second-order valence-electron chi connectivity index (χ2n) is 14.7. The maximum Gasteiger partial charge on any atom is 0.188 e. The van der Waals surface area contributed by atoms with Crippen LogP contribution in [0.3, 0.4) is 0 Å². The van der Waals surface area contributed by atoms with Crippen molar-refractivity contribution in [3.63, 3.8) is 0 Å². The zero-order valence-electron chi connectivity index (χ0n) is 29.3. The molecule has 252 valence electrons. The van der Waals surface area contributed by atoms with Gasteiger partial charge >= 0.3 is 0 Å². The summed E-state index contributed by atoms with van der Waals surface area (Å²) in [6, 6.07) is 50.4. The fourth-order valence-electron chi connectivity index (χ4n) is 6.80. The largest absolute Gasteiger partial charge is 0.358 e. The van der Waals surface area contributed by atoms with Crippen LogP contribution in [-0.2, 0) is 32.0 Å². The summed E-state index contributed by atoms with van der Waals surface area (Å²) in [5, 5.41) is 2.31. The molecule has 0 spiro atoms. The van der Waals surface area contributed by atoms with Gasteiger partial charge in [-0.15, -0.1) is 29.7 Å². The summed E-state index contributed by atoms with van der Waals surface area (Å²) in [5.41, 5.74) is 9.41. The summed E-state index contributed by atoms with van der Waals surface area (Å²) in [7, 11) is 0. The molecule has 8 aromatic rings. The standard InChI is InChI=1S/C44H40N5.Pt/c1-43(2,3)31-25-26-45-42(27-31)49-38-20-11-10-19-36(38)37-24-23-35(29-41(37)49)48(32-15-8-7-9-16-32)34-18-14-17-33(28-34)46-30-47(44(4,5)6)40-22-13-12-21-39(40)46;/h7-27,30H,1-6H3;/q-1;. The predicted molar refractivity (Wildman–Crippen MR) is 204 cm³/mol. The number of hydrogen-bond acceptors (Lipinski definition) is 2. The Morgan fingerprint density at radius 1 is 0.640 bits per heavy atom. The van der Waals surface area contributed by atoms with Gasteiger partial charge in [0.05, 0.1) is 5.54 Å². The van der Waals surface area contributed by atoms with Crippen molar-refractivity contribution in [3.05, 3.63) is 152 Å². The van der Waals surface area contributed by atoms with Crippen LogP contribution in [-0.4, -0.2) is 18.7 Å². The van der Waals surface area contributed by atoms with Crippen LogP contribution in [0.1, 0.15) is 47.1 Å². The molecule has 0 N–H and O–H groups in total. The van der Waals surface area contributed by atoms with Gasteiger partial charge in [-0.2, -0.15) is 12.1 Å². The zero-order chi connectivity index (χ0) is 33.9. The molecule has 3 heterocycles. The molecule has 0 fully saturated rings. The van der Waals surface area contributed by atoms with E-state index in [4.69, 9.17) is 4.98 Å². The number of imidazole rings is 1. The van der Waals surface area contributed by atoms with E-state index in [9.17, 15) is 0 Å². The van der Waals surface area contributed by atoms with Gasteiger partial charge in [-0.3, -0.25) is 0 Å². The molecule has 0 aliphatic rings. The van der Waals surface area contributed by atoms with Gasteiger partial charge in [0, 0.05) is 56.3 Å². The molecule has 0 aliphatic carbocycles. The molecule has 5 aromatic carbocycles. The molecule has 8 rings (SSSR count). The van der Waals surface area contributed by atoms with Crippen LogP contribution in [0, 0.1) is 12.1 Å². The van der Waals surface area contributed by atoms with Gasteiger partial charge in [0.1, 0.15) is 5.82 Å². The molecule has 0 aliphatic heterocycles. The monoisotopic (exact) mass is 833 g/mol. The number of anilines is 3. The molecular formula is C44H40N5Pt-. The van der Waals surface area contributed by atoms with E-state index >= 15 is 0 Å². The maximum atomic E-state index is 4.89. The average Bonchev–Trinajstić information content (AvgIpc) is 3.65. The second-order valence-corrected chi connectivity index (χ2v) is 14.7. The Kier molecular flexibility index (Phi) is 8.52. The van der Waals surface area contributed by atoms with Gasteiger partial charge < -0.3 is 9.47 Å². The predicted octanol–water partition coefficient (Wildman–Crippen LogP) is 11.3. The topological polar surface area (TPSA) is 30.9 Å². The van der Waals surface area contributed by atoms with Crippen molar-refractivity contribution in [2.75, 3.05) is 4.90 Å². The van der Waals surface area contributed by atoms with Gasteiger partial charge in [0.15, 0.2) is 17.4 Å². The number of hydrogen-bond donors (Lipinski definition) is 0. The first kappa shape index (κ1) is 33.5. The fourth-order valence-corrected chi connectivity index (χ4v) is 6.80. The summed E-state index contributed by atoms with van der Waals surface area (Å²) in [6.45, 7) is 13.4. The molecule has 0 saturated heterocycles. The minimum absolute atomic E-state index is 0. The smallest absolute Gasteiger partial charge is 0.188 e. The van der Waals surface area contributed by atoms with E-state index in [1.54, 1.807) is 0 Å². The number of rotatable bonds is 5. The third kappa shape index (κ3) is 5.84. The van der Waals surface area contributed by atoms with Gasteiger partial charge in [-0.05, 0) is 79.6 Å². The van der Waals surface area contributed by atoms with Gasteiger partial charge in [0.25, 0.3) is 0 Å².